The van der Waals surface area contributed by atoms with E-state index in [-0.39, 0.29) is 5.82 Å². The monoisotopic (exact) mass is 190 g/mol. The molecule has 5 heteroatoms. The molecule has 0 radical (unpaired) electrons. The molecule has 3 N–H and O–H groups in total. The van der Waals surface area contributed by atoms with Crippen LogP contribution in [0, 0.1) is 0 Å². The number of primary amides is 1. The highest BCUT2D eigenvalue weighted by molar-refractivity contribution is 5.88. The fourth-order valence-electron chi connectivity index (χ4n) is 0.713. The number of pyridine rings is 1. The predicted molar refractivity (Wildman–Crippen MR) is 51.3 cm³/mol. The summed E-state index contributed by atoms with van der Waals surface area (Å²) in [5.41, 5.74) is 4.83. The molecule has 0 aromatic carbocycles. The molecule has 14 heavy (non-hydrogen) atoms. The van der Waals surface area contributed by atoms with Crippen LogP contribution in [0.5, 0.6) is 0 Å². The van der Waals surface area contributed by atoms with Gasteiger partial charge in [-0.05, 0) is 12.1 Å². The molecule has 0 aliphatic rings. The Hall–Kier alpha value is -2.17. The molecule has 0 aliphatic carbocycles. The molecule has 0 atom stereocenters. The number of aromatic nitrogens is 3. The van der Waals surface area contributed by atoms with E-state index in [9.17, 15) is 4.79 Å². The second-order valence-electron chi connectivity index (χ2n) is 2.33. The molecular weight excluding hydrogens is 180 g/mol. The summed E-state index contributed by atoms with van der Waals surface area (Å²) in [7, 11) is 0. The van der Waals surface area contributed by atoms with Gasteiger partial charge in [-0.3, -0.25) is 9.78 Å². The minimum absolute atomic E-state index is 0.199. The van der Waals surface area contributed by atoms with Crippen molar-refractivity contribution in [2.75, 3.05) is 0 Å². The van der Waals surface area contributed by atoms with Gasteiger partial charge < -0.3 is 10.7 Å². The molecule has 0 aliphatic heterocycles. The van der Waals surface area contributed by atoms with Crippen molar-refractivity contribution in [3.8, 4) is 0 Å². The first-order valence-electron chi connectivity index (χ1n) is 3.95. The maximum absolute atomic E-state index is 10.2. The maximum Gasteiger partial charge on any atom is 0.284 e. The van der Waals surface area contributed by atoms with Gasteiger partial charge in [0.1, 0.15) is 0 Å². The number of nitrogens with zero attached hydrogens (tertiary/aromatic N) is 2. The molecule has 72 valence electrons. The van der Waals surface area contributed by atoms with Gasteiger partial charge in [-0.2, -0.15) is 0 Å². The van der Waals surface area contributed by atoms with Gasteiger partial charge in [-0.25, -0.2) is 4.98 Å². The van der Waals surface area contributed by atoms with Gasteiger partial charge in [0.15, 0.2) is 5.82 Å². The SMILES string of the molecule is NC(=O)c1ncc[nH]1.c1ccncc1. The average molecular weight is 190 g/mol. The summed E-state index contributed by atoms with van der Waals surface area (Å²) in [5, 5.41) is 0. The molecule has 0 bridgehead atoms. The number of H-pyrrole nitrogens is 1. The Kier molecular flexibility index (Phi) is 3.87. The van der Waals surface area contributed by atoms with Gasteiger partial charge in [0.2, 0.25) is 0 Å². The number of amides is 1. The number of aromatic amines is 1. The van der Waals surface area contributed by atoms with Crippen LogP contribution in [-0.2, 0) is 0 Å². The van der Waals surface area contributed by atoms with Crippen LogP contribution < -0.4 is 5.73 Å². The van der Waals surface area contributed by atoms with Crippen molar-refractivity contribution in [3.63, 3.8) is 0 Å². The van der Waals surface area contributed by atoms with Gasteiger partial charge in [0.25, 0.3) is 5.91 Å². The molecule has 0 saturated heterocycles. The Labute approximate surface area is 81.0 Å². The third-order valence-electron chi connectivity index (χ3n) is 1.30. The summed E-state index contributed by atoms with van der Waals surface area (Å²) < 4.78 is 0. The first-order valence-corrected chi connectivity index (χ1v) is 3.95. The molecule has 0 saturated carbocycles. The smallest absolute Gasteiger partial charge is 0.284 e. The number of hydrogen-bond acceptors (Lipinski definition) is 3. The van der Waals surface area contributed by atoms with Crippen molar-refractivity contribution in [3.05, 3.63) is 48.8 Å². The largest absolute Gasteiger partial charge is 0.363 e. The fraction of sp³-hybridized carbons (Fsp3) is 0. The van der Waals surface area contributed by atoms with Crippen LogP contribution in [0.4, 0.5) is 0 Å². The van der Waals surface area contributed by atoms with Crippen molar-refractivity contribution in [1.29, 1.82) is 0 Å². The highest BCUT2D eigenvalue weighted by atomic mass is 16.1. The van der Waals surface area contributed by atoms with Crippen LogP contribution in [0.1, 0.15) is 10.6 Å². The summed E-state index contributed by atoms with van der Waals surface area (Å²) in [4.78, 5) is 20.1. The normalized spacial score (nSPS) is 8.57. The van der Waals surface area contributed by atoms with E-state index in [4.69, 9.17) is 5.73 Å². The minimum Gasteiger partial charge on any atom is -0.363 e. The quantitative estimate of drug-likeness (QED) is 0.690. The molecule has 5 nitrogen and oxygen atoms in total. The zero-order valence-corrected chi connectivity index (χ0v) is 7.42. The fourth-order valence-corrected chi connectivity index (χ4v) is 0.713. The Morgan fingerprint density at radius 1 is 1.21 bits per heavy atom. The lowest BCUT2D eigenvalue weighted by molar-refractivity contribution is 0.0991. The second kappa shape index (κ2) is 5.47. The molecule has 2 heterocycles. The molecule has 0 fully saturated rings. The summed E-state index contributed by atoms with van der Waals surface area (Å²) in [6.07, 6.45) is 6.51. The molecule has 0 unspecified atom stereocenters. The zero-order valence-electron chi connectivity index (χ0n) is 7.42. The van der Waals surface area contributed by atoms with E-state index >= 15 is 0 Å². The minimum atomic E-state index is -0.532. The number of carbonyl (C=O) groups excluding carboxylic acids is 1. The summed E-state index contributed by atoms with van der Waals surface area (Å²) in [6, 6.07) is 5.72. The Morgan fingerprint density at radius 2 is 1.93 bits per heavy atom. The standard InChI is InChI=1S/C5H5N.C4H5N3O/c1-2-4-6-5-3-1;5-3(8)4-6-1-2-7-4/h1-5H;1-2H,(H2,5,8)(H,6,7). The number of hydrogen-bond donors (Lipinski definition) is 2. The van der Waals surface area contributed by atoms with Crippen LogP contribution in [0.15, 0.2) is 43.0 Å². The highest BCUT2D eigenvalue weighted by Gasteiger charge is 1.97. The molecule has 2 rings (SSSR count). The van der Waals surface area contributed by atoms with Crippen LogP contribution >= 0.6 is 0 Å². The van der Waals surface area contributed by atoms with Gasteiger partial charge in [-0.1, -0.05) is 6.07 Å². The Morgan fingerprint density at radius 3 is 2.14 bits per heavy atom. The average Bonchev–Trinajstić information content (AvgIpc) is 2.74. The summed E-state index contributed by atoms with van der Waals surface area (Å²) in [6.45, 7) is 0. The van der Waals surface area contributed by atoms with Crippen molar-refractivity contribution >= 4 is 5.91 Å². The van der Waals surface area contributed by atoms with E-state index in [0.29, 0.717) is 0 Å². The third-order valence-corrected chi connectivity index (χ3v) is 1.30. The molecular formula is C9H10N4O. The zero-order chi connectivity index (χ0) is 10.2. The topological polar surface area (TPSA) is 84.7 Å². The molecule has 2 aromatic rings. The lowest BCUT2D eigenvalue weighted by Gasteiger charge is -1.80. The number of nitrogens with two attached hydrogens (primary N) is 1. The maximum atomic E-state index is 10.2. The third kappa shape index (κ3) is 3.48. The van der Waals surface area contributed by atoms with Crippen molar-refractivity contribution in [2.45, 2.75) is 0 Å². The summed E-state index contributed by atoms with van der Waals surface area (Å²) in [5.74, 6) is -0.333. The number of imidazole rings is 1. The van der Waals surface area contributed by atoms with Crippen LogP contribution in [0.3, 0.4) is 0 Å². The lowest BCUT2D eigenvalue weighted by Crippen LogP contribution is -2.12. The first-order chi connectivity index (χ1) is 6.80. The van der Waals surface area contributed by atoms with E-state index in [1.165, 1.54) is 6.20 Å². The molecule has 1 amide bonds. The van der Waals surface area contributed by atoms with Crippen molar-refractivity contribution in [1.82, 2.24) is 15.0 Å². The Balaban J connectivity index is 0.000000146. The number of carbonyl (C=O) groups is 1. The van der Waals surface area contributed by atoms with Gasteiger partial charge in [0.05, 0.1) is 0 Å². The van der Waals surface area contributed by atoms with E-state index in [0.717, 1.165) is 0 Å². The highest BCUT2D eigenvalue weighted by Crippen LogP contribution is 1.82. The van der Waals surface area contributed by atoms with Gasteiger partial charge in [0, 0.05) is 24.8 Å². The predicted octanol–water partition coefficient (Wildman–Crippen LogP) is 0.590. The van der Waals surface area contributed by atoms with E-state index < -0.39 is 5.91 Å². The van der Waals surface area contributed by atoms with Crippen molar-refractivity contribution in [2.24, 2.45) is 5.73 Å². The molecule has 2 aromatic heterocycles. The molecule has 0 spiro atoms. The van der Waals surface area contributed by atoms with Gasteiger partial charge in [-0.15, -0.1) is 0 Å². The van der Waals surface area contributed by atoms with Crippen molar-refractivity contribution < 1.29 is 4.79 Å². The number of rotatable bonds is 1. The van der Waals surface area contributed by atoms with E-state index in [1.54, 1.807) is 18.6 Å². The first kappa shape index (κ1) is 9.91. The number of nitrogens with one attached hydrogen (secondary N) is 1. The summed E-state index contributed by atoms with van der Waals surface area (Å²) >= 11 is 0. The van der Waals surface area contributed by atoms with Crippen LogP contribution in [-0.4, -0.2) is 20.9 Å². The van der Waals surface area contributed by atoms with Crippen LogP contribution in [0.25, 0.3) is 0 Å². The van der Waals surface area contributed by atoms with Gasteiger partial charge >= 0.3 is 0 Å². The second-order valence-corrected chi connectivity index (χ2v) is 2.33. The van der Waals surface area contributed by atoms with E-state index in [2.05, 4.69) is 15.0 Å². The van der Waals surface area contributed by atoms with E-state index in [1.807, 2.05) is 18.2 Å². The Bertz CT molecular complexity index is 331. The van der Waals surface area contributed by atoms with Crippen LogP contribution in [0.2, 0.25) is 0 Å². The lowest BCUT2D eigenvalue weighted by atomic mass is 10.5.